The summed E-state index contributed by atoms with van der Waals surface area (Å²) in [6.07, 6.45) is 3.14. The maximum absolute atomic E-state index is 12.2. The van der Waals surface area contributed by atoms with Gasteiger partial charge in [-0.3, -0.25) is 9.89 Å². The molecule has 1 unspecified atom stereocenters. The van der Waals surface area contributed by atoms with Crippen LogP contribution in [0.2, 0.25) is 0 Å². The lowest BCUT2D eigenvalue weighted by Crippen LogP contribution is -2.43. The fourth-order valence-corrected chi connectivity index (χ4v) is 2.51. The Hall–Kier alpha value is -2.21. The highest BCUT2D eigenvalue weighted by molar-refractivity contribution is 5.95. The molecule has 1 amide bonds. The van der Waals surface area contributed by atoms with E-state index in [0.29, 0.717) is 5.82 Å². The van der Waals surface area contributed by atoms with E-state index in [4.69, 9.17) is 0 Å². The molecular weight excluding hydrogens is 266 g/mol. The molecule has 1 aliphatic rings. The fraction of sp³-hybridized carbons (Fsp3) is 0.400. The number of nitrogens with one attached hydrogen (secondary N) is 3. The lowest BCUT2D eigenvalue weighted by molar-refractivity contribution is -0.118. The van der Waals surface area contributed by atoms with E-state index in [-0.39, 0.29) is 11.9 Å². The first-order valence-electron chi connectivity index (χ1n) is 7.26. The number of anilines is 1. The Labute approximate surface area is 123 Å². The number of aryl methyl sites for hydroxylation is 1. The van der Waals surface area contributed by atoms with Gasteiger partial charge in [-0.25, -0.2) is 4.98 Å². The molecule has 2 heterocycles. The molecule has 3 N–H and O–H groups in total. The van der Waals surface area contributed by atoms with Crippen LogP contribution in [-0.4, -0.2) is 33.7 Å². The number of amides is 1. The normalized spacial score (nSPS) is 18.4. The van der Waals surface area contributed by atoms with Crippen molar-refractivity contribution in [2.75, 3.05) is 11.9 Å². The van der Waals surface area contributed by atoms with Gasteiger partial charge >= 0.3 is 0 Å². The largest absolute Gasteiger partial charge is 0.325 e. The van der Waals surface area contributed by atoms with Gasteiger partial charge in [-0.1, -0.05) is 18.6 Å². The summed E-state index contributed by atoms with van der Waals surface area (Å²) in [5.41, 5.74) is 1.65. The van der Waals surface area contributed by atoms with Crippen LogP contribution in [0.5, 0.6) is 0 Å². The van der Waals surface area contributed by atoms with Gasteiger partial charge in [-0.15, -0.1) is 0 Å². The third-order valence-electron chi connectivity index (χ3n) is 3.61. The smallest absolute Gasteiger partial charge is 0.241 e. The van der Waals surface area contributed by atoms with Crippen LogP contribution < -0.4 is 10.6 Å². The standard InChI is InChI=1S/C15H19N5O/c1-10-17-14(20-19-10)11-5-4-6-12(9-11)18-15(21)13-7-2-3-8-16-13/h4-6,9,13,16H,2-3,7-8H2,1H3,(H,18,21)(H,17,19,20). The number of rotatable bonds is 3. The highest BCUT2D eigenvalue weighted by atomic mass is 16.2. The van der Waals surface area contributed by atoms with Gasteiger partial charge in [-0.05, 0) is 38.4 Å². The maximum Gasteiger partial charge on any atom is 0.241 e. The quantitative estimate of drug-likeness (QED) is 0.804. The number of carbonyl (C=O) groups is 1. The average Bonchev–Trinajstić information content (AvgIpc) is 2.95. The summed E-state index contributed by atoms with van der Waals surface area (Å²) in [7, 11) is 0. The zero-order chi connectivity index (χ0) is 14.7. The monoisotopic (exact) mass is 285 g/mol. The molecule has 1 atom stereocenters. The Balaban J connectivity index is 1.72. The number of hydrogen-bond donors (Lipinski definition) is 3. The van der Waals surface area contributed by atoms with E-state index in [1.165, 1.54) is 0 Å². The summed E-state index contributed by atoms with van der Waals surface area (Å²) in [5, 5.41) is 13.2. The zero-order valence-corrected chi connectivity index (χ0v) is 12.0. The van der Waals surface area contributed by atoms with Crippen molar-refractivity contribution < 1.29 is 4.79 Å². The molecule has 0 saturated carbocycles. The Morgan fingerprint density at radius 3 is 3.00 bits per heavy atom. The lowest BCUT2D eigenvalue weighted by atomic mass is 10.0. The minimum atomic E-state index is -0.0897. The molecule has 0 bridgehead atoms. The summed E-state index contributed by atoms with van der Waals surface area (Å²) in [6.45, 7) is 2.77. The minimum absolute atomic E-state index is 0.0259. The highest BCUT2D eigenvalue weighted by Gasteiger charge is 2.20. The molecule has 2 aromatic rings. The molecule has 0 spiro atoms. The third-order valence-corrected chi connectivity index (χ3v) is 3.61. The van der Waals surface area contributed by atoms with Gasteiger partial charge in [0.2, 0.25) is 5.91 Å². The molecule has 1 aliphatic heterocycles. The van der Waals surface area contributed by atoms with Crippen molar-refractivity contribution in [2.45, 2.75) is 32.2 Å². The first kappa shape index (κ1) is 13.8. The Morgan fingerprint density at radius 2 is 2.29 bits per heavy atom. The van der Waals surface area contributed by atoms with E-state index in [2.05, 4.69) is 25.8 Å². The molecule has 1 saturated heterocycles. The van der Waals surface area contributed by atoms with Crippen LogP contribution >= 0.6 is 0 Å². The second-order valence-corrected chi connectivity index (χ2v) is 5.32. The van der Waals surface area contributed by atoms with Crippen molar-refractivity contribution in [3.05, 3.63) is 30.1 Å². The highest BCUT2D eigenvalue weighted by Crippen LogP contribution is 2.20. The number of aromatic nitrogens is 3. The Bertz CT molecular complexity index is 630. The summed E-state index contributed by atoms with van der Waals surface area (Å²) < 4.78 is 0. The van der Waals surface area contributed by atoms with E-state index in [1.807, 2.05) is 31.2 Å². The molecule has 3 rings (SSSR count). The molecule has 6 heteroatoms. The van der Waals surface area contributed by atoms with Crippen LogP contribution in [-0.2, 0) is 4.79 Å². The lowest BCUT2D eigenvalue weighted by Gasteiger charge is -2.22. The third kappa shape index (κ3) is 3.28. The number of piperidine rings is 1. The minimum Gasteiger partial charge on any atom is -0.325 e. The number of aromatic amines is 1. The van der Waals surface area contributed by atoms with Crippen LogP contribution in [0.25, 0.3) is 11.4 Å². The second kappa shape index (κ2) is 6.05. The summed E-state index contributed by atoms with van der Waals surface area (Å²) in [4.78, 5) is 16.5. The Morgan fingerprint density at radius 1 is 1.38 bits per heavy atom. The van der Waals surface area contributed by atoms with Crippen molar-refractivity contribution in [2.24, 2.45) is 0 Å². The number of carbonyl (C=O) groups excluding carboxylic acids is 1. The van der Waals surface area contributed by atoms with Crippen LogP contribution in [0.3, 0.4) is 0 Å². The fourth-order valence-electron chi connectivity index (χ4n) is 2.51. The van der Waals surface area contributed by atoms with Gasteiger partial charge in [0.1, 0.15) is 5.82 Å². The van der Waals surface area contributed by atoms with E-state index in [9.17, 15) is 4.79 Å². The van der Waals surface area contributed by atoms with Gasteiger partial charge in [0.15, 0.2) is 5.82 Å². The van der Waals surface area contributed by atoms with Gasteiger partial charge < -0.3 is 10.6 Å². The van der Waals surface area contributed by atoms with Crippen molar-refractivity contribution in [1.82, 2.24) is 20.5 Å². The molecule has 21 heavy (non-hydrogen) atoms. The van der Waals surface area contributed by atoms with Gasteiger partial charge in [0, 0.05) is 11.3 Å². The van der Waals surface area contributed by atoms with Crippen LogP contribution in [0.15, 0.2) is 24.3 Å². The van der Waals surface area contributed by atoms with Gasteiger partial charge in [0.25, 0.3) is 0 Å². The first-order chi connectivity index (χ1) is 10.2. The molecular formula is C15H19N5O. The summed E-state index contributed by atoms with van der Waals surface area (Å²) in [5.74, 6) is 1.43. The Kier molecular flexibility index (Phi) is 3.96. The predicted octanol–water partition coefficient (Wildman–Crippen LogP) is 1.86. The van der Waals surface area contributed by atoms with E-state index >= 15 is 0 Å². The van der Waals surface area contributed by atoms with Gasteiger partial charge in [-0.2, -0.15) is 5.10 Å². The molecule has 0 aliphatic carbocycles. The number of benzene rings is 1. The molecule has 110 valence electrons. The molecule has 6 nitrogen and oxygen atoms in total. The molecule has 1 aromatic heterocycles. The van der Waals surface area contributed by atoms with E-state index in [0.717, 1.165) is 42.9 Å². The van der Waals surface area contributed by atoms with Crippen molar-refractivity contribution in [3.8, 4) is 11.4 Å². The van der Waals surface area contributed by atoms with E-state index < -0.39 is 0 Å². The second-order valence-electron chi connectivity index (χ2n) is 5.32. The van der Waals surface area contributed by atoms with Crippen LogP contribution in [0.4, 0.5) is 5.69 Å². The van der Waals surface area contributed by atoms with Crippen LogP contribution in [0.1, 0.15) is 25.1 Å². The van der Waals surface area contributed by atoms with Crippen molar-refractivity contribution in [1.29, 1.82) is 0 Å². The molecule has 0 radical (unpaired) electrons. The molecule has 1 aromatic carbocycles. The van der Waals surface area contributed by atoms with Crippen molar-refractivity contribution >= 4 is 11.6 Å². The van der Waals surface area contributed by atoms with E-state index in [1.54, 1.807) is 0 Å². The molecule has 1 fully saturated rings. The summed E-state index contributed by atoms with van der Waals surface area (Å²) >= 11 is 0. The zero-order valence-electron chi connectivity index (χ0n) is 12.0. The number of nitrogens with zero attached hydrogens (tertiary/aromatic N) is 2. The summed E-state index contributed by atoms with van der Waals surface area (Å²) in [6, 6.07) is 7.50. The van der Waals surface area contributed by atoms with Crippen molar-refractivity contribution in [3.63, 3.8) is 0 Å². The average molecular weight is 285 g/mol. The first-order valence-corrected chi connectivity index (χ1v) is 7.26. The maximum atomic E-state index is 12.2. The SMILES string of the molecule is Cc1nc(-c2cccc(NC(=O)C3CCCCN3)c2)n[nH]1. The number of hydrogen-bond acceptors (Lipinski definition) is 4. The predicted molar refractivity (Wildman–Crippen MR) is 80.8 cm³/mol. The van der Waals surface area contributed by atoms with Crippen LogP contribution in [0, 0.1) is 6.92 Å². The van der Waals surface area contributed by atoms with Gasteiger partial charge in [0.05, 0.1) is 6.04 Å². The topological polar surface area (TPSA) is 82.7 Å². The number of H-pyrrole nitrogens is 1.